The smallest absolute Gasteiger partial charge is 0.144 e. The summed E-state index contributed by atoms with van der Waals surface area (Å²) in [4.78, 5) is 4.28. The zero-order chi connectivity index (χ0) is 30.1. The Bertz CT molecular complexity index is 1150. The van der Waals surface area contributed by atoms with Crippen LogP contribution in [0.25, 0.3) is 11.8 Å². The molecule has 40 heavy (non-hydrogen) atoms. The summed E-state index contributed by atoms with van der Waals surface area (Å²) in [7, 11) is 1.68. The van der Waals surface area contributed by atoms with Gasteiger partial charge in [0.05, 0.1) is 37.1 Å². The number of imidazole rings is 1. The number of aromatic nitrogens is 2. The first kappa shape index (κ1) is 34.4. The Labute approximate surface area is 241 Å². The Morgan fingerprint density at radius 3 is 2.50 bits per heavy atom. The van der Waals surface area contributed by atoms with Gasteiger partial charge < -0.3 is 19.0 Å². The molecule has 0 bridgehead atoms. The van der Waals surface area contributed by atoms with Gasteiger partial charge >= 0.3 is 0 Å². The van der Waals surface area contributed by atoms with Crippen molar-refractivity contribution >= 4 is 6.08 Å². The molecule has 1 N–H and O–H groups in total. The number of benzene rings is 1. The molecule has 220 valence electrons. The molecule has 1 aliphatic rings. The molecule has 1 aliphatic heterocycles. The number of hydrogen-bond donors (Lipinski definition) is 1. The van der Waals surface area contributed by atoms with Crippen LogP contribution in [0, 0.1) is 12.8 Å². The fourth-order valence-electron chi connectivity index (χ4n) is 3.26. The molecule has 3 rings (SSSR count). The third kappa shape index (κ3) is 12.1. The molecule has 0 unspecified atom stereocenters. The molecule has 7 heteroatoms. The van der Waals surface area contributed by atoms with E-state index in [2.05, 4.69) is 62.9 Å². The van der Waals surface area contributed by atoms with Crippen molar-refractivity contribution in [1.82, 2.24) is 20.0 Å². The third-order valence-corrected chi connectivity index (χ3v) is 6.12. The molecule has 1 saturated heterocycles. The van der Waals surface area contributed by atoms with Crippen LogP contribution in [0.15, 0.2) is 85.5 Å². The van der Waals surface area contributed by atoms with Crippen LogP contribution >= 0.6 is 0 Å². The minimum Gasteiger partial charge on any atom is -0.495 e. The van der Waals surface area contributed by atoms with Gasteiger partial charge in [0.2, 0.25) is 0 Å². The monoisotopic (exact) mass is 552 g/mol. The maximum atomic E-state index is 12.0. The van der Waals surface area contributed by atoms with Crippen LogP contribution in [-0.2, 0) is 4.74 Å². The van der Waals surface area contributed by atoms with E-state index in [0.29, 0.717) is 12.2 Å². The van der Waals surface area contributed by atoms with E-state index in [1.807, 2.05) is 42.0 Å². The molecule has 6 nitrogen and oxygen atoms in total. The highest BCUT2D eigenvalue weighted by atomic mass is 19.1. The van der Waals surface area contributed by atoms with Crippen LogP contribution in [0.3, 0.4) is 0 Å². The number of allylic oxidation sites excluding steroid dienone is 4. The molecule has 1 aromatic heterocycles. The molecule has 2 heterocycles. The van der Waals surface area contributed by atoms with Gasteiger partial charge in [0.1, 0.15) is 23.9 Å². The fraction of sp³-hybridized carbons (Fsp3) is 0.424. The number of nitrogens with one attached hydrogen (secondary N) is 1. The molecule has 2 aromatic rings. The molecule has 1 fully saturated rings. The summed E-state index contributed by atoms with van der Waals surface area (Å²) >= 11 is 0. The summed E-state index contributed by atoms with van der Waals surface area (Å²) in [5.74, 6) is 2.04. The molecular weight excluding hydrogens is 503 g/mol. The van der Waals surface area contributed by atoms with Crippen molar-refractivity contribution < 1.29 is 13.9 Å². The van der Waals surface area contributed by atoms with E-state index in [4.69, 9.17) is 9.47 Å². The van der Waals surface area contributed by atoms with Crippen molar-refractivity contribution in [3.63, 3.8) is 0 Å². The van der Waals surface area contributed by atoms with E-state index in [9.17, 15) is 4.39 Å². The lowest BCUT2D eigenvalue weighted by molar-refractivity contribution is 0.0998. The number of aryl methyl sites for hydroxylation is 1. The minimum atomic E-state index is -0.398. The number of ether oxygens (including phenoxy) is 2. The SMILES string of the molecule is C=C/C=C(/C)C(=C)F.C=C1/C(=C/c2ccc(-n3cnc(C)c3)c(OC)c2)OCCN1NCCCC.CCC(C)C. The van der Waals surface area contributed by atoms with E-state index < -0.39 is 5.83 Å². The Morgan fingerprint density at radius 1 is 1.30 bits per heavy atom. The van der Waals surface area contributed by atoms with E-state index in [1.54, 1.807) is 26.4 Å². The van der Waals surface area contributed by atoms with Gasteiger partial charge in [0.25, 0.3) is 0 Å². The summed E-state index contributed by atoms with van der Waals surface area (Å²) < 4.78 is 25.4. The average Bonchev–Trinajstić information content (AvgIpc) is 3.37. The lowest BCUT2D eigenvalue weighted by atomic mass is 10.1. The predicted molar refractivity (Wildman–Crippen MR) is 167 cm³/mol. The van der Waals surface area contributed by atoms with Crippen LogP contribution in [0.2, 0.25) is 0 Å². The Morgan fingerprint density at radius 2 is 2.00 bits per heavy atom. The number of hydrazine groups is 1. The van der Waals surface area contributed by atoms with E-state index in [0.717, 1.165) is 66.0 Å². The second-order valence-corrected chi connectivity index (χ2v) is 9.86. The number of unbranched alkanes of at least 4 members (excludes halogenated alkanes) is 1. The minimum absolute atomic E-state index is 0.398. The number of rotatable bonds is 10. The standard InChI is InChI=1S/C21H28N4O2.C7H9F.C5H12/c1-5-6-9-23-25-10-11-27-20(17(25)3)12-18-7-8-19(21(13-18)26-4)24-14-16(2)22-15-24;1-4-5-6(2)7(3)8;1-4-5(2)3/h7-8,12-15,23H,3,5-6,9-11H2,1-2,4H3;4-5H,1,3H2,2H3;5H,4H2,1-3H3/b20-12-;6-5-;. The van der Waals surface area contributed by atoms with Gasteiger partial charge in [0, 0.05) is 12.7 Å². The second kappa shape index (κ2) is 18.7. The van der Waals surface area contributed by atoms with Crippen molar-refractivity contribution in [3.8, 4) is 11.4 Å². The van der Waals surface area contributed by atoms with E-state index in [-0.39, 0.29) is 0 Å². The molecule has 0 saturated carbocycles. The Kier molecular flexibility index (Phi) is 16.1. The van der Waals surface area contributed by atoms with Crippen molar-refractivity contribution in [3.05, 3.63) is 96.7 Å². The quantitative estimate of drug-likeness (QED) is 0.237. The first-order valence-corrected chi connectivity index (χ1v) is 14.0. The van der Waals surface area contributed by atoms with Crippen LogP contribution in [0.1, 0.15) is 65.1 Å². The summed E-state index contributed by atoms with van der Waals surface area (Å²) in [5, 5.41) is 2.07. The highest BCUT2D eigenvalue weighted by Crippen LogP contribution is 2.27. The topological polar surface area (TPSA) is 51.6 Å². The van der Waals surface area contributed by atoms with Gasteiger partial charge in [-0.1, -0.05) is 78.5 Å². The first-order chi connectivity index (χ1) is 19.1. The van der Waals surface area contributed by atoms with Crippen molar-refractivity contribution in [2.24, 2.45) is 5.92 Å². The Hall–Kier alpha value is -3.58. The largest absolute Gasteiger partial charge is 0.495 e. The summed E-state index contributed by atoms with van der Waals surface area (Å²) in [6, 6.07) is 6.06. The molecule has 1 aromatic carbocycles. The molecule has 0 radical (unpaired) electrons. The van der Waals surface area contributed by atoms with Crippen LogP contribution < -0.4 is 10.2 Å². The molecule has 0 aliphatic carbocycles. The third-order valence-electron chi connectivity index (χ3n) is 6.12. The van der Waals surface area contributed by atoms with Gasteiger partial charge in [-0.25, -0.2) is 14.8 Å². The molecule has 0 spiro atoms. The Balaban J connectivity index is 0.000000513. The van der Waals surface area contributed by atoms with E-state index >= 15 is 0 Å². The maximum Gasteiger partial charge on any atom is 0.144 e. The number of halogens is 1. The zero-order valence-electron chi connectivity index (χ0n) is 25.6. The normalized spacial score (nSPS) is 14.1. The number of morpholine rings is 1. The zero-order valence-corrected chi connectivity index (χ0v) is 25.6. The van der Waals surface area contributed by atoms with E-state index in [1.165, 1.54) is 12.5 Å². The predicted octanol–water partition coefficient (Wildman–Crippen LogP) is 8.34. The average molecular weight is 553 g/mol. The summed E-state index contributed by atoms with van der Waals surface area (Å²) in [6.45, 7) is 25.5. The number of nitrogens with zero attached hydrogens (tertiary/aromatic N) is 3. The summed E-state index contributed by atoms with van der Waals surface area (Å²) in [6.07, 6.45) is 12.5. The van der Waals surface area contributed by atoms with Gasteiger partial charge in [-0.3, -0.25) is 0 Å². The lowest BCUT2D eigenvalue weighted by Gasteiger charge is -2.33. The second-order valence-electron chi connectivity index (χ2n) is 9.86. The van der Waals surface area contributed by atoms with Gasteiger partial charge in [0.15, 0.2) is 0 Å². The van der Waals surface area contributed by atoms with Crippen molar-refractivity contribution in [2.45, 2.75) is 60.8 Å². The van der Waals surface area contributed by atoms with Crippen molar-refractivity contribution in [1.29, 1.82) is 0 Å². The molecule has 0 atom stereocenters. The van der Waals surface area contributed by atoms with Gasteiger partial charge in [-0.05, 0) is 55.5 Å². The first-order valence-electron chi connectivity index (χ1n) is 14.0. The lowest BCUT2D eigenvalue weighted by Crippen LogP contribution is -2.43. The molecular formula is C33H49FN4O2. The highest BCUT2D eigenvalue weighted by molar-refractivity contribution is 5.61. The number of hydrogen-bond acceptors (Lipinski definition) is 5. The summed E-state index contributed by atoms with van der Waals surface area (Å²) in [5.41, 5.74) is 7.71. The number of methoxy groups -OCH3 is 1. The molecule has 0 amide bonds. The van der Waals surface area contributed by atoms with Crippen molar-refractivity contribution in [2.75, 3.05) is 26.8 Å². The maximum absolute atomic E-state index is 12.0. The van der Waals surface area contributed by atoms with Gasteiger partial charge in [-0.2, -0.15) is 0 Å². The van der Waals surface area contributed by atoms with Gasteiger partial charge in [-0.15, -0.1) is 0 Å². The highest BCUT2D eigenvalue weighted by Gasteiger charge is 2.19. The van der Waals surface area contributed by atoms with Crippen LogP contribution in [-0.4, -0.2) is 41.4 Å². The fourth-order valence-corrected chi connectivity index (χ4v) is 3.26. The van der Waals surface area contributed by atoms with Crippen LogP contribution in [0.5, 0.6) is 5.75 Å². The van der Waals surface area contributed by atoms with Crippen LogP contribution in [0.4, 0.5) is 4.39 Å².